The number of carbonyl (C=O) groups is 1. The molecule has 0 radical (unpaired) electrons. The van der Waals surface area contributed by atoms with Crippen LogP contribution in [-0.2, 0) is 4.79 Å². The summed E-state index contributed by atoms with van der Waals surface area (Å²) in [6, 6.07) is 0. The summed E-state index contributed by atoms with van der Waals surface area (Å²) < 4.78 is 13.0. The molecule has 0 bridgehead atoms. The largest absolute Gasteiger partial charge is 0.390 e. The number of piperidine rings is 1. The molecule has 1 N–H and O–H groups in total. The summed E-state index contributed by atoms with van der Waals surface area (Å²) >= 11 is 0. The molecule has 1 saturated heterocycles. The summed E-state index contributed by atoms with van der Waals surface area (Å²) in [5.74, 6) is -0.128. The van der Waals surface area contributed by atoms with Crippen molar-refractivity contribution in [3.63, 3.8) is 0 Å². The van der Waals surface area contributed by atoms with E-state index in [2.05, 4.69) is 0 Å². The summed E-state index contributed by atoms with van der Waals surface area (Å²) in [4.78, 5) is 12.9. The minimum absolute atomic E-state index is 0.0328. The van der Waals surface area contributed by atoms with Gasteiger partial charge in [-0.05, 0) is 6.42 Å². The van der Waals surface area contributed by atoms with Crippen molar-refractivity contribution < 1.29 is 14.3 Å². The standard InChI is InChI=1S/C9H16FNO2/c1-6(2)9(13)11-4-3-8(12)7(10)5-11/h6-8,12H,3-5H2,1-2H3. The Morgan fingerprint density at radius 1 is 1.62 bits per heavy atom. The Morgan fingerprint density at radius 3 is 2.69 bits per heavy atom. The molecule has 1 fully saturated rings. The van der Waals surface area contributed by atoms with Crippen LogP contribution in [0.3, 0.4) is 0 Å². The van der Waals surface area contributed by atoms with Gasteiger partial charge in [0.05, 0.1) is 12.6 Å². The molecule has 0 aromatic heterocycles. The molecule has 2 unspecified atom stereocenters. The molecule has 0 saturated carbocycles. The summed E-state index contributed by atoms with van der Waals surface area (Å²) in [7, 11) is 0. The van der Waals surface area contributed by atoms with E-state index in [0.29, 0.717) is 13.0 Å². The Balaban J connectivity index is 2.50. The topological polar surface area (TPSA) is 40.5 Å². The first-order valence-electron chi connectivity index (χ1n) is 4.63. The molecule has 1 amide bonds. The van der Waals surface area contributed by atoms with Crippen molar-refractivity contribution in [3.05, 3.63) is 0 Å². The van der Waals surface area contributed by atoms with Crippen LogP contribution in [0.15, 0.2) is 0 Å². The molecular weight excluding hydrogens is 173 g/mol. The Morgan fingerprint density at radius 2 is 2.23 bits per heavy atom. The zero-order chi connectivity index (χ0) is 10.0. The molecule has 1 aliphatic heterocycles. The molecule has 76 valence electrons. The van der Waals surface area contributed by atoms with Gasteiger partial charge in [-0.2, -0.15) is 0 Å². The van der Waals surface area contributed by atoms with Gasteiger partial charge in [-0.25, -0.2) is 4.39 Å². The van der Waals surface area contributed by atoms with E-state index in [1.807, 2.05) is 0 Å². The van der Waals surface area contributed by atoms with Gasteiger partial charge in [0.1, 0.15) is 6.17 Å². The second-order valence-electron chi connectivity index (χ2n) is 3.81. The molecule has 0 aromatic rings. The third kappa shape index (κ3) is 2.40. The maximum absolute atomic E-state index is 13.0. The molecule has 0 spiro atoms. The first-order valence-corrected chi connectivity index (χ1v) is 4.63. The fourth-order valence-corrected chi connectivity index (χ4v) is 1.46. The van der Waals surface area contributed by atoms with E-state index in [0.717, 1.165) is 0 Å². The van der Waals surface area contributed by atoms with Gasteiger partial charge in [0, 0.05) is 12.5 Å². The first kappa shape index (κ1) is 10.4. The van der Waals surface area contributed by atoms with E-state index in [4.69, 9.17) is 5.11 Å². The number of hydrogen-bond donors (Lipinski definition) is 1. The maximum Gasteiger partial charge on any atom is 0.225 e. The van der Waals surface area contributed by atoms with E-state index < -0.39 is 12.3 Å². The number of nitrogens with zero attached hydrogens (tertiary/aromatic N) is 1. The first-order chi connectivity index (χ1) is 6.02. The summed E-state index contributed by atoms with van der Waals surface area (Å²) in [6.45, 7) is 4.10. The lowest BCUT2D eigenvalue weighted by Crippen LogP contribution is -2.48. The monoisotopic (exact) mass is 189 g/mol. The Labute approximate surface area is 77.5 Å². The van der Waals surface area contributed by atoms with E-state index in [9.17, 15) is 9.18 Å². The average Bonchev–Trinajstić information content (AvgIpc) is 2.08. The van der Waals surface area contributed by atoms with Gasteiger partial charge >= 0.3 is 0 Å². The van der Waals surface area contributed by atoms with Gasteiger partial charge in [-0.1, -0.05) is 13.8 Å². The van der Waals surface area contributed by atoms with Gasteiger partial charge in [0.2, 0.25) is 5.91 Å². The molecule has 0 aliphatic carbocycles. The predicted molar refractivity (Wildman–Crippen MR) is 46.9 cm³/mol. The van der Waals surface area contributed by atoms with Crippen LogP contribution in [0, 0.1) is 5.92 Å². The molecule has 2 atom stereocenters. The van der Waals surface area contributed by atoms with Crippen LogP contribution in [-0.4, -0.2) is 41.3 Å². The second kappa shape index (κ2) is 4.05. The van der Waals surface area contributed by atoms with Crippen LogP contribution in [0.5, 0.6) is 0 Å². The average molecular weight is 189 g/mol. The lowest BCUT2D eigenvalue weighted by Gasteiger charge is -2.33. The van der Waals surface area contributed by atoms with Crippen molar-refractivity contribution in [2.45, 2.75) is 32.5 Å². The van der Waals surface area contributed by atoms with Crippen molar-refractivity contribution in [2.24, 2.45) is 5.92 Å². The quantitative estimate of drug-likeness (QED) is 0.655. The number of alkyl halides is 1. The lowest BCUT2D eigenvalue weighted by atomic mass is 10.0. The lowest BCUT2D eigenvalue weighted by molar-refractivity contribution is -0.138. The van der Waals surface area contributed by atoms with Crippen LogP contribution in [0.25, 0.3) is 0 Å². The van der Waals surface area contributed by atoms with E-state index >= 15 is 0 Å². The molecule has 4 heteroatoms. The number of halogens is 1. The van der Waals surface area contributed by atoms with Crippen molar-refractivity contribution in [2.75, 3.05) is 13.1 Å². The fraction of sp³-hybridized carbons (Fsp3) is 0.889. The number of rotatable bonds is 1. The van der Waals surface area contributed by atoms with Gasteiger partial charge in [0.15, 0.2) is 0 Å². The van der Waals surface area contributed by atoms with Crippen LogP contribution < -0.4 is 0 Å². The molecule has 1 aliphatic rings. The molecular formula is C9H16FNO2. The Hall–Kier alpha value is -0.640. The number of likely N-dealkylation sites (tertiary alicyclic amines) is 1. The predicted octanol–water partition coefficient (Wildman–Crippen LogP) is 0.574. The third-order valence-corrected chi connectivity index (χ3v) is 2.31. The van der Waals surface area contributed by atoms with Crippen molar-refractivity contribution in [1.29, 1.82) is 0 Å². The highest BCUT2D eigenvalue weighted by Gasteiger charge is 2.30. The van der Waals surface area contributed by atoms with Gasteiger partial charge in [-0.3, -0.25) is 4.79 Å². The van der Waals surface area contributed by atoms with Crippen LogP contribution >= 0.6 is 0 Å². The van der Waals surface area contributed by atoms with Gasteiger partial charge in [0.25, 0.3) is 0 Å². The number of amides is 1. The number of hydrogen-bond acceptors (Lipinski definition) is 2. The van der Waals surface area contributed by atoms with Gasteiger partial charge < -0.3 is 10.0 Å². The Bertz CT molecular complexity index is 196. The van der Waals surface area contributed by atoms with Crippen LogP contribution in [0.1, 0.15) is 20.3 Å². The summed E-state index contributed by atoms with van der Waals surface area (Å²) in [5.41, 5.74) is 0. The van der Waals surface area contributed by atoms with Crippen molar-refractivity contribution in [1.82, 2.24) is 4.90 Å². The zero-order valence-corrected chi connectivity index (χ0v) is 8.03. The Kier molecular flexibility index (Phi) is 3.25. The fourth-order valence-electron chi connectivity index (χ4n) is 1.46. The van der Waals surface area contributed by atoms with Crippen LogP contribution in [0.4, 0.5) is 4.39 Å². The minimum Gasteiger partial charge on any atom is -0.390 e. The maximum atomic E-state index is 13.0. The van der Waals surface area contributed by atoms with E-state index in [1.165, 1.54) is 4.90 Å². The molecule has 13 heavy (non-hydrogen) atoms. The van der Waals surface area contributed by atoms with E-state index in [-0.39, 0.29) is 18.4 Å². The molecule has 0 aromatic carbocycles. The number of aliphatic hydroxyl groups excluding tert-OH is 1. The van der Waals surface area contributed by atoms with Crippen LogP contribution in [0.2, 0.25) is 0 Å². The minimum atomic E-state index is -1.28. The summed E-state index contributed by atoms with van der Waals surface area (Å²) in [5, 5.41) is 9.10. The third-order valence-electron chi connectivity index (χ3n) is 2.31. The smallest absolute Gasteiger partial charge is 0.225 e. The number of carbonyl (C=O) groups excluding carboxylic acids is 1. The normalized spacial score (nSPS) is 29.5. The highest BCUT2D eigenvalue weighted by atomic mass is 19.1. The molecule has 1 rings (SSSR count). The number of aliphatic hydroxyl groups is 1. The molecule has 3 nitrogen and oxygen atoms in total. The summed E-state index contributed by atoms with van der Waals surface area (Å²) in [6.07, 6.45) is -1.83. The molecule has 1 heterocycles. The highest BCUT2D eigenvalue weighted by molar-refractivity contribution is 5.78. The van der Waals surface area contributed by atoms with Crippen molar-refractivity contribution in [3.8, 4) is 0 Å². The SMILES string of the molecule is CC(C)C(=O)N1CCC(O)C(F)C1. The zero-order valence-electron chi connectivity index (χ0n) is 8.03. The second-order valence-corrected chi connectivity index (χ2v) is 3.81. The highest BCUT2D eigenvalue weighted by Crippen LogP contribution is 2.15. The van der Waals surface area contributed by atoms with Gasteiger partial charge in [-0.15, -0.1) is 0 Å². The van der Waals surface area contributed by atoms with Crippen molar-refractivity contribution >= 4 is 5.91 Å². The van der Waals surface area contributed by atoms with E-state index in [1.54, 1.807) is 13.8 Å².